The Morgan fingerprint density at radius 3 is 1.47 bits per heavy atom. The molecule has 5 heteroatoms. The van der Waals surface area contributed by atoms with Crippen molar-refractivity contribution in [3.8, 4) is 0 Å². The Balaban J connectivity index is 0. The monoisotopic (exact) mass is 234 g/mol. The topological polar surface area (TPSA) is 74.6 Å². The maximum absolute atomic E-state index is 9.55. The standard InChI is InChI=1S/C6H11Cl.C4H4O4/c1-3-6(4-2)5-7;5-3(6)1-2-4(7)8/h5H,3-4H2,1-2H3;1-2H,(H,5,6)(H,7,8)/b;2-1+. The van der Waals surface area contributed by atoms with Gasteiger partial charge in [-0.15, -0.1) is 0 Å². The Hall–Kier alpha value is -1.29. The van der Waals surface area contributed by atoms with Gasteiger partial charge >= 0.3 is 11.9 Å². The highest BCUT2D eigenvalue weighted by Crippen LogP contribution is 2.05. The van der Waals surface area contributed by atoms with Crippen LogP contribution in [0.5, 0.6) is 0 Å². The van der Waals surface area contributed by atoms with Gasteiger partial charge in [0.05, 0.1) is 0 Å². The highest BCUT2D eigenvalue weighted by Gasteiger charge is 1.88. The minimum Gasteiger partial charge on any atom is -0.478 e. The van der Waals surface area contributed by atoms with Gasteiger partial charge in [-0.3, -0.25) is 0 Å². The van der Waals surface area contributed by atoms with Gasteiger partial charge in [0.15, 0.2) is 0 Å². The first-order chi connectivity index (χ1) is 6.97. The van der Waals surface area contributed by atoms with Crippen LogP contribution in [0, 0.1) is 0 Å². The predicted octanol–water partition coefficient (Wildman–Crippen LogP) is 2.64. The molecule has 4 nitrogen and oxygen atoms in total. The Labute approximate surface area is 93.9 Å². The zero-order valence-electron chi connectivity index (χ0n) is 8.74. The van der Waals surface area contributed by atoms with E-state index in [1.165, 1.54) is 5.57 Å². The molecule has 2 N–H and O–H groups in total. The summed E-state index contributed by atoms with van der Waals surface area (Å²) < 4.78 is 0. The zero-order valence-corrected chi connectivity index (χ0v) is 9.49. The van der Waals surface area contributed by atoms with Crippen molar-refractivity contribution in [2.75, 3.05) is 0 Å². The molecule has 0 aromatic rings. The summed E-state index contributed by atoms with van der Waals surface area (Å²) in [5.74, 6) is -2.51. The van der Waals surface area contributed by atoms with E-state index in [-0.39, 0.29) is 0 Å². The maximum Gasteiger partial charge on any atom is 0.328 e. The molecule has 0 saturated heterocycles. The second-order valence-electron chi connectivity index (χ2n) is 2.48. The molecule has 0 unspecified atom stereocenters. The summed E-state index contributed by atoms with van der Waals surface area (Å²) in [6.07, 6.45) is 3.28. The molecule has 0 amide bonds. The third kappa shape index (κ3) is 15.5. The average Bonchev–Trinajstić information content (AvgIpc) is 2.18. The Kier molecular flexibility index (Phi) is 11.6. The lowest BCUT2D eigenvalue weighted by molar-refractivity contribution is -0.134. The summed E-state index contributed by atoms with van der Waals surface area (Å²) in [6.45, 7) is 4.22. The molecule has 0 saturated carbocycles. The van der Waals surface area contributed by atoms with Crippen LogP contribution in [-0.2, 0) is 9.59 Å². The number of hydrogen-bond donors (Lipinski definition) is 2. The molecule has 86 valence electrons. The molecule has 0 aliphatic carbocycles. The summed E-state index contributed by atoms with van der Waals surface area (Å²) in [7, 11) is 0. The third-order valence-corrected chi connectivity index (χ3v) is 1.74. The van der Waals surface area contributed by atoms with Crippen LogP contribution in [-0.4, -0.2) is 22.2 Å². The van der Waals surface area contributed by atoms with Gasteiger partial charge in [-0.05, 0) is 12.8 Å². The number of aliphatic carboxylic acids is 2. The molecule has 0 rings (SSSR count). The van der Waals surface area contributed by atoms with Crippen molar-refractivity contribution in [3.05, 3.63) is 23.3 Å². The van der Waals surface area contributed by atoms with E-state index in [0.29, 0.717) is 12.2 Å². The molecule has 15 heavy (non-hydrogen) atoms. The fraction of sp³-hybridized carbons (Fsp3) is 0.400. The molecule has 0 heterocycles. The van der Waals surface area contributed by atoms with Crippen molar-refractivity contribution in [2.24, 2.45) is 0 Å². The van der Waals surface area contributed by atoms with E-state index in [1.54, 1.807) is 5.54 Å². The largest absolute Gasteiger partial charge is 0.478 e. The second-order valence-corrected chi connectivity index (χ2v) is 2.70. The van der Waals surface area contributed by atoms with Crippen LogP contribution in [0.2, 0.25) is 0 Å². The van der Waals surface area contributed by atoms with E-state index in [9.17, 15) is 9.59 Å². The van der Waals surface area contributed by atoms with Crippen LogP contribution in [0.3, 0.4) is 0 Å². The van der Waals surface area contributed by atoms with Crippen molar-refractivity contribution in [1.82, 2.24) is 0 Å². The van der Waals surface area contributed by atoms with Gasteiger partial charge in [-0.1, -0.05) is 31.0 Å². The van der Waals surface area contributed by atoms with Crippen LogP contribution in [0.15, 0.2) is 23.3 Å². The number of carboxylic acid groups (broad SMARTS) is 2. The number of rotatable bonds is 4. The molecule has 0 aromatic carbocycles. The normalized spacial score (nSPS) is 9.00. The van der Waals surface area contributed by atoms with E-state index in [4.69, 9.17) is 21.8 Å². The van der Waals surface area contributed by atoms with Crippen LogP contribution in [0.4, 0.5) is 0 Å². The molecular weight excluding hydrogens is 220 g/mol. The summed E-state index contributed by atoms with van der Waals surface area (Å²) >= 11 is 5.41. The molecule has 0 radical (unpaired) electrons. The van der Waals surface area contributed by atoms with Gasteiger partial charge in [-0.2, -0.15) is 0 Å². The number of halogens is 1. The minimum atomic E-state index is -1.26. The minimum absolute atomic E-state index is 0.558. The lowest BCUT2D eigenvalue weighted by atomic mass is 10.2. The number of carbonyl (C=O) groups is 2. The Morgan fingerprint density at radius 1 is 1.07 bits per heavy atom. The SMILES string of the molecule is CCC(=CCl)CC.O=C(O)/C=C/C(=O)O. The Morgan fingerprint density at radius 2 is 1.40 bits per heavy atom. The van der Waals surface area contributed by atoms with Crippen LogP contribution in [0.25, 0.3) is 0 Å². The average molecular weight is 235 g/mol. The molecule has 0 aromatic heterocycles. The smallest absolute Gasteiger partial charge is 0.328 e. The molecule has 0 aliphatic rings. The van der Waals surface area contributed by atoms with Crippen molar-refractivity contribution < 1.29 is 19.8 Å². The predicted molar refractivity (Wildman–Crippen MR) is 58.9 cm³/mol. The molecule has 0 spiro atoms. The number of hydrogen-bond acceptors (Lipinski definition) is 2. The molecule has 0 aliphatic heterocycles. The molecule has 0 bridgehead atoms. The maximum atomic E-state index is 9.55. The fourth-order valence-corrected chi connectivity index (χ4v) is 0.855. The summed E-state index contributed by atoms with van der Waals surface area (Å²) in [5, 5.41) is 15.6. The summed E-state index contributed by atoms with van der Waals surface area (Å²) in [5.41, 5.74) is 2.99. The van der Waals surface area contributed by atoms with E-state index < -0.39 is 11.9 Å². The van der Waals surface area contributed by atoms with E-state index >= 15 is 0 Å². The van der Waals surface area contributed by atoms with Gasteiger partial charge in [0.1, 0.15) is 0 Å². The van der Waals surface area contributed by atoms with Crippen molar-refractivity contribution >= 4 is 23.5 Å². The highest BCUT2D eigenvalue weighted by molar-refractivity contribution is 6.25. The van der Waals surface area contributed by atoms with Gasteiger partial charge in [0.2, 0.25) is 0 Å². The van der Waals surface area contributed by atoms with Gasteiger partial charge in [0.25, 0.3) is 0 Å². The van der Waals surface area contributed by atoms with E-state index in [0.717, 1.165) is 12.8 Å². The van der Waals surface area contributed by atoms with E-state index in [2.05, 4.69) is 13.8 Å². The summed E-state index contributed by atoms with van der Waals surface area (Å²) in [4.78, 5) is 19.1. The van der Waals surface area contributed by atoms with Crippen LogP contribution < -0.4 is 0 Å². The number of allylic oxidation sites excluding steroid dienone is 1. The molecule has 0 atom stereocenters. The van der Waals surface area contributed by atoms with Crippen molar-refractivity contribution in [1.29, 1.82) is 0 Å². The first kappa shape index (κ1) is 16.2. The zero-order chi connectivity index (χ0) is 12.3. The van der Waals surface area contributed by atoms with Gasteiger partial charge in [0, 0.05) is 17.7 Å². The first-order valence-corrected chi connectivity index (χ1v) is 4.83. The lowest BCUT2D eigenvalue weighted by Crippen LogP contribution is -1.91. The van der Waals surface area contributed by atoms with E-state index in [1.807, 2.05) is 0 Å². The second kappa shape index (κ2) is 10.8. The van der Waals surface area contributed by atoms with Gasteiger partial charge in [-0.25, -0.2) is 9.59 Å². The quantitative estimate of drug-likeness (QED) is 0.734. The number of carboxylic acids is 2. The van der Waals surface area contributed by atoms with Crippen molar-refractivity contribution in [2.45, 2.75) is 26.7 Å². The Bertz CT molecular complexity index is 234. The van der Waals surface area contributed by atoms with Crippen LogP contribution in [0.1, 0.15) is 26.7 Å². The first-order valence-electron chi connectivity index (χ1n) is 4.39. The molecule has 0 fully saturated rings. The lowest BCUT2D eigenvalue weighted by Gasteiger charge is -1.91. The van der Waals surface area contributed by atoms with Gasteiger partial charge < -0.3 is 10.2 Å². The van der Waals surface area contributed by atoms with Crippen LogP contribution >= 0.6 is 11.6 Å². The fourth-order valence-electron chi connectivity index (χ4n) is 0.547. The highest BCUT2D eigenvalue weighted by atomic mass is 35.5. The van der Waals surface area contributed by atoms with Crippen molar-refractivity contribution in [3.63, 3.8) is 0 Å². The third-order valence-electron chi connectivity index (χ3n) is 1.43. The molecular formula is C10H15ClO4. The summed E-state index contributed by atoms with van der Waals surface area (Å²) in [6, 6.07) is 0.